The highest BCUT2D eigenvalue weighted by Gasteiger charge is 1.95. The first-order valence-corrected chi connectivity index (χ1v) is 7.58. The molecule has 1 nitrogen and oxygen atoms in total. The topological polar surface area (TPSA) is 9.23 Å². The van der Waals surface area contributed by atoms with Crippen LogP contribution in [0.1, 0.15) is 57.8 Å². The van der Waals surface area contributed by atoms with E-state index in [0.29, 0.717) is 0 Å². The normalized spacial score (nSPS) is 18.7. The van der Waals surface area contributed by atoms with Crippen molar-refractivity contribution < 1.29 is 4.74 Å². The summed E-state index contributed by atoms with van der Waals surface area (Å²) in [5.41, 5.74) is 0. The zero-order chi connectivity index (χ0) is 12.7. The van der Waals surface area contributed by atoms with E-state index in [1.165, 1.54) is 57.8 Å². The zero-order valence-electron chi connectivity index (χ0n) is 11.7. The molecule has 2 fully saturated rings. The molecule has 0 unspecified atom stereocenters. The van der Waals surface area contributed by atoms with Gasteiger partial charge >= 0.3 is 0 Å². The number of ether oxygens (including phenoxy) is 1. The van der Waals surface area contributed by atoms with Crippen molar-refractivity contribution in [2.45, 2.75) is 57.8 Å². The molecule has 0 atom stereocenters. The average Bonchev–Trinajstić information content (AvgIpc) is 2.54. The fourth-order valence-electron chi connectivity index (χ4n) is 2.13. The van der Waals surface area contributed by atoms with Crippen molar-refractivity contribution in [1.82, 2.24) is 0 Å². The Hall–Kier alpha value is -0.820. The summed E-state index contributed by atoms with van der Waals surface area (Å²) in [6.45, 7) is 2.00. The predicted molar refractivity (Wildman–Crippen MR) is 78.8 cm³/mol. The van der Waals surface area contributed by atoms with Crippen LogP contribution in [0.2, 0.25) is 0 Å². The van der Waals surface area contributed by atoms with Gasteiger partial charge in [-0.1, -0.05) is 74.9 Å². The molecule has 1 heteroatoms. The van der Waals surface area contributed by atoms with Crippen molar-refractivity contribution >= 4 is 0 Å². The minimum absolute atomic E-state index is 1.00. The summed E-state index contributed by atoms with van der Waals surface area (Å²) in [5, 5.41) is 0. The molecular formula is C17H28O. The summed E-state index contributed by atoms with van der Waals surface area (Å²) >= 11 is 0. The number of benzene rings is 1. The van der Waals surface area contributed by atoms with Crippen LogP contribution < -0.4 is 0 Å². The molecule has 0 amide bonds. The van der Waals surface area contributed by atoms with E-state index in [1.807, 2.05) is 36.4 Å². The predicted octanol–water partition coefficient (Wildman–Crippen LogP) is 5.21. The third kappa shape index (κ3) is 10.3. The van der Waals surface area contributed by atoms with Gasteiger partial charge in [0, 0.05) is 13.2 Å². The van der Waals surface area contributed by atoms with Crippen molar-refractivity contribution in [1.29, 1.82) is 0 Å². The Morgan fingerprint density at radius 1 is 0.389 bits per heavy atom. The van der Waals surface area contributed by atoms with Gasteiger partial charge in [-0.25, -0.2) is 0 Å². The number of hydrogen-bond acceptors (Lipinski definition) is 1. The van der Waals surface area contributed by atoms with E-state index in [1.54, 1.807) is 0 Å². The maximum Gasteiger partial charge on any atom is 0.0466 e. The third-order valence-electron chi connectivity index (χ3n) is 3.24. The largest absolute Gasteiger partial charge is 0.381 e. The molecule has 0 spiro atoms. The summed E-state index contributed by atoms with van der Waals surface area (Å²) in [7, 11) is 0. The van der Waals surface area contributed by atoms with Crippen LogP contribution in [0.25, 0.3) is 0 Å². The molecule has 2 aliphatic rings. The second kappa shape index (κ2) is 12.6. The van der Waals surface area contributed by atoms with E-state index in [4.69, 9.17) is 4.74 Å². The monoisotopic (exact) mass is 248 g/mol. The summed E-state index contributed by atoms with van der Waals surface area (Å²) in [5.74, 6) is 0. The van der Waals surface area contributed by atoms with Gasteiger partial charge in [-0.2, -0.15) is 0 Å². The Kier molecular flexibility index (Phi) is 10.7. The van der Waals surface area contributed by atoms with Crippen molar-refractivity contribution in [3.63, 3.8) is 0 Å². The van der Waals surface area contributed by atoms with Crippen LogP contribution in [-0.2, 0) is 4.74 Å². The van der Waals surface area contributed by atoms with Crippen molar-refractivity contribution in [3.05, 3.63) is 36.4 Å². The molecule has 1 aliphatic heterocycles. The lowest BCUT2D eigenvalue weighted by atomic mass is 10.0. The Morgan fingerprint density at radius 2 is 0.667 bits per heavy atom. The summed E-state index contributed by atoms with van der Waals surface area (Å²) in [6, 6.07) is 12.0. The van der Waals surface area contributed by atoms with Gasteiger partial charge in [0.25, 0.3) is 0 Å². The molecule has 0 bridgehead atoms. The van der Waals surface area contributed by atoms with E-state index in [9.17, 15) is 0 Å². The average molecular weight is 248 g/mol. The molecule has 102 valence electrons. The van der Waals surface area contributed by atoms with E-state index in [-0.39, 0.29) is 0 Å². The van der Waals surface area contributed by atoms with Crippen molar-refractivity contribution in [2.24, 2.45) is 0 Å². The zero-order valence-corrected chi connectivity index (χ0v) is 11.7. The van der Waals surface area contributed by atoms with Crippen LogP contribution in [0.5, 0.6) is 0 Å². The standard InChI is InChI=1S/C6H12.C6H6.C5H10O/c3*1-2-4-6-5-3-1/h1-6H2;1-6H;1-5H2. The van der Waals surface area contributed by atoms with Crippen LogP contribution in [0, 0.1) is 0 Å². The summed E-state index contributed by atoms with van der Waals surface area (Å²) < 4.78 is 5.07. The van der Waals surface area contributed by atoms with Gasteiger partial charge in [0.2, 0.25) is 0 Å². The third-order valence-corrected chi connectivity index (χ3v) is 3.24. The fourth-order valence-corrected chi connectivity index (χ4v) is 2.13. The highest BCUT2D eigenvalue weighted by atomic mass is 16.5. The lowest BCUT2D eigenvalue weighted by Crippen LogP contribution is -2.03. The SMILES string of the molecule is C1CCCCC1.C1CCOCC1.c1ccccc1. The Morgan fingerprint density at radius 3 is 0.833 bits per heavy atom. The molecule has 1 heterocycles. The fraction of sp³-hybridized carbons (Fsp3) is 0.647. The first-order chi connectivity index (χ1) is 9.00. The second-order valence-electron chi connectivity index (χ2n) is 4.95. The molecule has 18 heavy (non-hydrogen) atoms. The molecule has 1 aliphatic carbocycles. The highest BCUT2D eigenvalue weighted by Crippen LogP contribution is 2.15. The smallest absolute Gasteiger partial charge is 0.0466 e. The Balaban J connectivity index is 0.000000135. The maximum atomic E-state index is 5.07. The Labute approximate surface area is 113 Å². The minimum Gasteiger partial charge on any atom is -0.381 e. The van der Waals surface area contributed by atoms with Gasteiger partial charge in [0.05, 0.1) is 0 Å². The summed E-state index contributed by atoms with van der Waals surface area (Å²) in [6.07, 6.45) is 12.9. The van der Waals surface area contributed by atoms with Crippen LogP contribution in [0.15, 0.2) is 36.4 Å². The highest BCUT2D eigenvalue weighted by molar-refractivity contribution is 4.99. The van der Waals surface area contributed by atoms with E-state index >= 15 is 0 Å². The maximum absolute atomic E-state index is 5.07. The van der Waals surface area contributed by atoms with Crippen LogP contribution in [0.4, 0.5) is 0 Å². The molecule has 1 aromatic carbocycles. The molecule has 0 N–H and O–H groups in total. The van der Waals surface area contributed by atoms with E-state index in [2.05, 4.69) is 0 Å². The van der Waals surface area contributed by atoms with Crippen LogP contribution in [0.3, 0.4) is 0 Å². The first-order valence-electron chi connectivity index (χ1n) is 7.58. The molecule has 1 saturated carbocycles. The lowest BCUT2D eigenvalue weighted by molar-refractivity contribution is 0.0968. The van der Waals surface area contributed by atoms with Crippen molar-refractivity contribution in [3.8, 4) is 0 Å². The van der Waals surface area contributed by atoms with E-state index in [0.717, 1.165) is 13.2 Å². The second-order valence-corrected chi connectivity index (χ2v) is 4.95. The lowest BCUT2D eigenvalue weighted by Gasteiger charge is -2.08. The molecular weight excluding hydrogens is 220 g/mol. The molecule has 0 radical (unpaired) electrons. The number of hydrogen-bond donors (Lipinski definition) is 0. The first kappa shape index (κ1) is 15.2. The Bertz CT molecular complexity index is 175. The van der Waals surface area contributed by atoms with E-state index < -0.39 is 0 Å². The van der Waals surface area contributed by atoms with Crippen LogP contribution >= 0.6 is 0 Å². The quantitative estimate of drug-likeness (QED) is 0.612. The molecule has 1 aromatic rings. The van der Waals surface area contributed by atoms with Gasteiger partial charge in [-0.05, 0) is 19.3 Å². The van der Waals surface area contributed by atoms with Gasteiger partial charge < -0.3 is 4.74 Å². The van der Waals surface area contributed by atoms with Gasteiger partial charge in [0.1, 0.15) is 0 Å². The van der Waals surface area contributed by atoms with Crippen LogP contribution in [-0.4, -0.2) is 13.2 Å². The van der Waals surface area contributed by atoms with Crippen molar-refractivity contribution in [2.75, 3.05) is 13.2 Å². The summed E-state index contributed by atoms with van der Waals surface area (Å²) in [4.78, 5) is 0. The van der Waals surface area contributed by atoms with Gasteiger partial charge in [-0.15, -0.1) is 0 Å². The minimum atomic E-state index is 1.00. The molecule has 0 aromatic heterocycles. The number of rotatable bonds is 0. The molecule has 1 saturated heterocycles. The van der Waals surface area contributed by atoms with Gasteiger partial charge in [0.15, 0.2) is 0 Å². The van der Waals surface area contributed by atoms with Gasteiger partial charge in [-0.3, -0.25) is 0 Å². The molecule has 3 rings (SSSR count).